The van der Waals surface area contributed by atoms with Crippen molar-refractivity contribution < 1.29 is 4.74 Å². The SMILES string of the molecule is O=c1c(Cl)c(Cl)cnn1CN1CCO[C@H]2CCCC[C@H]21. The Bertz CT molecular complexity index is 547. The Morgan fingerprint density at radius 1 is 1.35 bits per heavy atom. The standard InChI is InChI=1S/C13H17Cl2N3O2/c14-9-7-16-18(13(19)12(9)15)8-17-5-6-20-11-4-2-1-3-10(11)17/h7,10-11H,1-6,8H2/t10-,11+/m1/s1. The zero-order valence-electron chi connectivity index (χ0n) is 11.1. The monoisotopic (exact) mass is 317 g/mol. The zero-order valence-corrected chi connectivity index (χ0v) is 12.6. The average molecular weight is 318 g/mol. The van der Waals surface area contributed by atoms with E-state index in [1.165, 1.54) is 23.7 Å². The Balaban J connectivity index is 1.80. The van der Waals surface area contributed by atoms with Crippen molar-refractivity contribution in [1.29, 1.82) is 0 Å². The van der Waals surface area contributed by atoms with E-state index >= 15 is 0 Å². The fourth-order valence-electron chi connectivity index (χ4n) is 3.07. The molecule has 1 aliphatic heterocycles. The van der Waals surface area contributed by atoms with Gasteiger partial charge in [0, 0.05) is 12.6 Å². The molecule has 0 bridgehead atoms. The maximum Gasteiger partial charge on any atom is 0.288 e. The number of nitrogens with zero attached hydrogens (tertiary/aromatic N) is 3. The van der Waals surface area contributed by atoms with E-state index in [1.54, 1.807) is 0 Å². The topological polar surface area (TPSA) is 47.4 Å². The third kappa shape index (κ3) is 2.72. The molecule has 0 amide bonds. The van der Waals surface area contributed by atoms with Gasteiger partial charge < -0.3 is 4.74 Å². The van der Waals surface area contributed by atoms with Crippen molar-refractivity contribution in [2.24, 2.45) is 0 Å². The first kappa shape index (κ1) is 14.3. The van der Waals surface area contributed by atoms with Gasteiger partial charge in [-0.2, -0.15) is 5.10 Å². The first-order valence-corrected chi connectivity index (χ1v) is 7.69. The predicted octanol–water partition coefficient (Wildman–Crippen LogP) is 2.15. The van der Waals surface area contributed by atoms with Gasteiger partial charge in [0.2, 0.25) is 0 Å². The molecule has 1 aliphatic carbocycles. The van der Waals surface area contributed by atoms with Gasteiger partial charge in [-0.05, 0) is 12.8 Å². The second-order valence-corrected chi connectivity index (χ2v) is 6.11. The number of halogens is 2. The van der Waals surface area contributed by atoms with E-state index in [-0.39, 0.29) is 21.7 Å². The van der Waals surface area contributed by atoms with Crippen molar-refractivity contribution in [1.82, 2.24) is 14.7 Å². The summed E-state index contributed by atoms with van der Waals surface area (Å²) in [6.45, 7) is 1.97. The van der Waals surface area contributed by atoms with E-state index in [1.807, 2.05) is 0 Å². The summed E-state index contributed by atoms with van der Waals surface area (Å²) in [5.41, 5.74) is -0.335. The number of hydrogen-bond donors (Lipinski definition) is 0. The third-order valence-corrected chi connectivity index (χ3v) is 4.85. The molecule has 2 heterocycles. The van der Waals surface area contributed by atoms with Crippen LogP contribution < -0.4 is 5.56 Å². The van der Waals surface area contributed by atoms with Crippen molar-refractivity contribution >= 4 is 23.2 Å². The highest BCUT2D eigenvalue weighted by Crippen LogP contribution is 2.28. The van der Waals surface area contributed by atoms with Crippen molar-refractivity contribution in [3.8, 4) is 0 Å². The molecule has 20 heavy (non-hydrogen) atoms. The van der Waals surface area contributed by atoms with Crippen molar-refractivity contribution in [2.75, 3.05) is 13.2 Å². The molecule has 0 spiro atoms. The van der Waals surface area contributed by atoms with Gasteiger partial charge in [-0.15, -0.1) is 0 Å². The summed E-state index contributed by atoms with van der Waals surface area (Å²) in [4.78, 5) is 14.3. The van der Waals surface area contributed by atoms with E-state index in [0.717, 1.165) is 19.4 Å². The Hall–Kier alpha value is -0.620. The minimum absolute atomic E-state index is 0.0371. The molecule has 2 aliphatic rings. The molecular weight excluding hydrogens is 301 g/mol. The lowest BCUT2D eigenvalue weighted by molar-refractivity contribution is -0.0996. The summed E-state index contributed by atoms with van der Waals surface area (Å²) < 4.78 is 7.21. The molecule has 2 fully saturated rings. The van der Waals surface area contributed by atoms with E-state index in [4.69, 9.17) is 27.9 Å². The van der Waals surface area contributed by atoms with Gasteiger partial charge in [0.1, 0.15) is 5.02 Å². The summed E-state index contributed by atoms with van der Waals surface area (Å²) in [5, 5.41) is 4.31. The Kier molecular flexibility index (Phi) is 4.31. The second kappa shape index (κ2) is 6.02. The normalized spacial score (nSPS) is 27.3. The molecule has 5 nitrogen and oxygen atoms in total. The Morgan fingerprint density at radius 3 is 3.00 bits per heavy atom. The summed E-state index contributed by atoms with van der Waals surface area (Å²) >= 11 is 11.7. The molecule has 1 aromatic heterocycles. The minimum Gasteiger partial charge on any atom is -0.375 e. The predicted molar refractivity (Wildman–Crippen MR) is 77.2 cm³/mol. The van der Waals surface area contributed by atoms with Gasteiger partial charge in [-0.25, -0.2) is 4.68 Å². The lowest BCUT2D eigenvalue weighted by atomic mass is 9.90. The lowest BCUT2D eigenvalue weighted by Crippen LogP contribution is -2.53. The fraction of sp³-hybridized carbons (Fsp3) is 0.692. The summed E-state index contributed by atoms with van der Waals surface area (Å²) in [6.07, 6.45) is 6.36. The van der Waals surface area contributed by atoms with Crippen LogP contribution in [0.25, 0.3) is 0 Å². The summed E-state index contributed by atoms with van der Waals surface area (Å²) in [7, 11) is 0. The number of ether oxygens (including phenoxy) is 1. The first-order chi connectivity index (χ1) is 9.66. The summed E-state index contributed by atoms with van der Waals surface area (Å²) in [5.74, 6) is 0. The van der Waals surface area contributed by atoms with E-state index < -0.39 is 0 Å². The molecule has 3 rings (SSSR count). The smallest absolute Gasteiger partial charge is 0.288 e. The van der Waals surface area contributed by atoms with Crippen LogP contribution in [0.5, 0.6) is 0 Å². The van der Waals surface area contributed by atoms with Crippen molar-refractivity contribution in [2.45, 2.75) is 44.5 Å². The molecule has 0 aromatic carbocycles. The highest BCUT2D eigenvalue weighted by atomic mass is 35.5. The van der Waals surface area contributed by atoms with Crippen LogP contribution in [0.4, 0.5) is 0 Å². The number of fused-ring (bicyclic) bond motifs is 1. The average Bonchev–Trinajstić information content (AvgIpc) is 2.48. The Labute approximate surface area is 127 Å². The number of hydrogen-bond acceptors (Lipinski definition) is 4. The third-order valence-electron chi connectivity index (χ3n) is 4.11. The van der Waals surface area contributed by atoms with Crippen LogP contribution in [0.3, 0.4) is 0 Å². The molecule has 110 valence electrons. The highest BCUT2D eigenvalue weighted by molar-refractivity contribution is 6.41. The van der Waals surface area contributed by atoms with E-state index in [0.29, 0.717) is 19.3 Å². The van der Waals surface area contributed by atoms with Crippen LogP contribution in [-0.2, 0) is 11.4 Å². The zero-order chi connectivity index (χ0) is 14.1. The van der Waals surface area contributed by atoms with Gasteiger partial charge in [-0.1, -0.05) is 36.0 Å². The van der Waals surface area contributed by atoms with Gasteiger partial charge in [0.05, 0.1) is 30.6 Å². The van der Waals surface area contributed by atoms with Crippen LogP contribution in [0, 0.1) is 0 Å². The van der Waals surface area contributed by atoms with E-state index in [9.17, 15) is 4.79 Å². The molecule has 0 unspecified atom stereocenters. The van der Waals surface area contributed by atoms with Crippen molar-refractivity contribution in [3.05, 3.63) is 26.6 Å². The number of rotatable bonds is 2. The van der Waals surface area contributed by atoms with Gasteiger partial charge in [-0.3, -0.25) is 9.69 Å². The maximum atomic E-state index is 12.0. The van der Waals surface area contributed by atoms with E-state index in [2.05, 4.69) is 10.00 Å². The molecule has 1 aromatic rings. The molecule has 0 N–H and O–H groups in total. The van der Waals surface area contributed by atoms with Gasteiger partial charge in [0.25, 0.3) is 5.56 Å². The molecule has 7 heteroatoms. The van der Waals surface area contributed by atoms with Crippen LogP contribution in [0.1, 0.15) is 25.7 Å². The van der Waals surface area contributed by atoms with Gasteiger partial charge in [0.15, 0.2) is 0 Å². The van der Waals surface area contributed by atoms with Crippen LogP contribution in [0.2, 0.25) is 10.0 Å². The molecule has 2 atom stereocenters. The maximum absolute atomic E-state index is 12.0. The van der Waals surface area contributed by atoms with Crippen LogP contribution >= 0.6 is 23.2 Å². The second-order valence-electron chi connectivity index (χ2n) is 5.33. The molecular formula is C13H17Cl2N3O2. The fourth-order valence-corrected chi connectivity index (χ4v) is 3.34. The van der Waals surface area contributed by atoms with Crippen molar-refractivity contribution in [3.63, 3.8) is 0 Å². The summed E-state index contributed by atoms with van der Waals surface area (Å²) in [6, 6.07) is 0.376. The quantitative estimate of drug-likeness (QED) is 0.838. The largest absolute Gasteiger partial charge is 0.375 e. The first-order valence-electron chi connectivity index (χ1n) is 6.93. The Morgan fingerprint density at radius 2 is 2.15 bits per heavy atom. The number of morpholine rings is 1. The van der Waals surface area contributed by atoms with Crippen LogP contribution in [-0.4, -0.2) is 40.0 Å². The minimum atomic E-state index is -0.335. The molecule has 0 radical (unpaired) electrons. The lowest BCUT2D eigenvalue weighted by Gasteiger charge is -2.43. The van der Waals surface area contributed by atoms with Gasteiger partial charge >= 0.3 is 0 Å². The van der Waals surface area contributed by atoms with Crippen LogP contribution in [0.15, 0.2) is 11.0 Å². The molecule has 1 saturated heterocycles. The highest BCUT2D eigenvalue weighted by Gasteiger charge is 2.34. The molecule has 1 saturated carbocycles. The number of aromatic nitrogens is 2.